The monoisotopic (exact) mass is 249 g/mol. The molecule has 5 nitrogen and oxygen atoms in total. The Balaban J connectivity index is 2.06. The van der Waals surface area contributed by atoms with Gasteiger partial charge < -0.3 is 15.0 Å². The summed E-state index contributed by atoms with van der Waals surface area (Å²) in [5.74, 6) is 0.721. The zero-order valence-corrected chi connectivity index (χ0v) is 10.8. The first kappa shape index (κ1) is 12.8. The fraction of sp³-hybridized carbons (Fsp3) is 0.538. The molecule has 0 saturated carbocycles. The van der Waals surface area contributed by atoms with Crippen LogP contribution in [-0.4, -0.2) is 36.6 Å². The Bertz CT molecular complexity index is 405. The van der Waals surface area contributed by atoms with Crippen LogP contribution in [0.4, 0.5) is 5.69 Å². The molecule has 1 aliphatic rings. The van der Waals surface area contributed by atoms with Crippen LogP contribution in [0.3, 0.4) is 0 Å². The van der Waals surface area contributed by atoms with E-state index in [0.29, 0.717) is 12.5 Å². The summed E-state index contributed by atoms with van der Waals surface area (Å²) >= 11 is 0. The number of pyridine rings is 1. The van der Waals surface area contributed by atoms with Crippen LogP contribution in [0.2, 0.25) is 0 Å². The number of ether oxygens (including phenoxy) is 1. The highest BCUT2D eigenvalue weighted by Gasteiger charge is 2.31. The molecule has 18 heavy (non-hydrogen) atoms. The number of hydrogen-bond donors (Lipinski definition) is 1. The van der Waals surface area contributed by atoms with Gasteiger partial charge in [-0.3, -0.25) is 4.79 Å². The molecule has 0 spiro atoms. The maximum atomic E-state index is 12.1. The van der Waals surface area contributed by atoms with Gasteiger partial charge in [-0.25, -0.2) is 4.98 Å². The fourth-order valence-corrected chi connectivity index (χ4v) is 2.14. The number of carbonyl (C=O) groups excluding carboxylic acids is 1. The van der Waals surface area contributed by atoms with Crippen LogP contribution in [0.25, 0.3) is 0 Å². The highest BCUT2D eigenvalue weighted by Crippen LogP contribution is 2.22. The summed E-state index contributed by atoms with van der Waals surface area (Å²) in [6.07, 6.45) is 2.54. The normalized spacial score (nSPS) is 19.3. The van der Waals surface area contributed by atoms with Gasteiger partial charge in [0.1, 0.15) is 0 Å². The first-order chi connectivity index (χ1) is 8.76. The van der Waals surface area contributed by atoms with Gasteiger partial charge in [0.2, 0.25) is 11.8 Å². The lowest BCUT2D eigenvalue weighted by atomic mass is 10.2. The summed E-state index contributed by atoms with van der Waals surface area (Å²) < 4.78 is 5.28. The smallest absolute Gasteiger partial charge is 0.244 e. The SMILES string of the molecule is CCNC1CCN(c2ccc(OCC)nc2)C1=O. The molecule has 1 aromatic rings. The Morgan fingerprint density at radius 3 is 2.94 bits per heavy atom. The number of rotatable bonds is 5. The number of anilines is 1. The van der Waals surface area contributed by atoms with Gasteiger partial charge in [-0.05, 0) is 26.0 Å². The molecule has 0 aromatic carbocycles. The van der Waals surface area contributed by atoms with Crippen LogP contribution in [-0.2, 0) is 4.79 Å². The number of likely N-dealkylation sites (N-methyl/N-ethyl adjacent to an activating group) is 1. The van der Waals surface area contributed by atoms with E-state index < -0.39 is 0 Å². The summed E-state index contributed by atoms with van der Waals surface area (Å²) in [5, 5.41) is 3.19. The van der Waals surface area contributed by atoms with E-state index in [2.05, 4.69) is 10.3 Å². The van der Waals surface area contributed by atoms with E-state index in [9.17, 15) is 4.79 Å². The summed E-state index contributed by atoms with van der Waals surface area (Å²) in [4.78, 5) is 18.1. The second-order valence-electron chi connectivity index (χ2n) is 4.18. The molecule has 2 heterocycles. The zero-order chi connectivity index (χ0) is 13.0. The van der Waals surface area contributed by atoms with Gasteiger partial charge in [-0.1, -0.05) is 6.92 Å². The molecule has 1 fully saturated rings. The molecule has 0 bridgehead atoms. The van der Waals surface area contributed by atoms with Crippen molar-refractivity contribution in [3.8, 4) is 5.88 Å². The average molecular weight is 249 g/mol. The van der Waals surface area contributed by atoms with E-state index in [-0.39, 0.29) is 11.9 Å². The van der Waals surface area contributed by atoms with E-state index in [0.717, 1.165) is 25.2 Å². The molecule has 0 radical (unpaired) electrons. The first-order valence-corrected chi connectivity index (χ1v) is 6.39. The minimum absolute atomic E-state index is 0.0541. The number of nitrogens with one attached hydrogen (secondary N) is 1. The third-order valence-electron chi connectivity index (χ3n) is 2.98. The molecular weight excluding hydrogens is 230 g/mol. The van der Waals surface area contributed by atoms with Crippen LogP contribution in [0.1, 0.15) is 20.3 Å². The number of carbonyl (C=O) groups is 1. The van der Waals surface area contributed by atoms with Gasteiger partial charge >= 0.3 is 0 Å². The van der Waals surface area contributed by atoms with Crippen molar-refractivity contribution < 1.29 is 9.53 Å². The fourth-order valence-electron chi connectivity index (χ4n) is 2.14. The van der Waals surface area contributed by atoms with Crippen LogP contribution in [0.5, 0.6) is 5.88 Å². The van der Waals surface area contributed by atoms with Crippen molar-refractivity contribution in [2.45, 2.75) is 26.3 Å². The van der Waals surface area contributed by atoms with Gasteiger partial charge in [-0.15, -0.1) is 0 Å². The molecule has 5 heteroatoms. The molecule has 1 amide bonds. The van der Waals surface area contributed by atoms with Crippen molar-refractivity contribution in [2.75, 3.05) is 24.6 Å². The number of nitrogens with zero attached hydrogens (tertiary/aromatic N) is 2. The Labute approximate surface area is 107 Å². The summed E-state index contributed by atoms with van der Waals surface area (Å²) in [5.41, 5.74) is 0.837. The molecule has 1 aromatic heterocycles. The van der Waals surface area contributed by atoms with Gasteiger partial charge in [0.25, 0.3) is 0 Å². The Hall–Kier alpha value is -1.62. The number of amides is 1. The molecule has 1 N–H and O–H groups in total. The quantitative estimate of drug-likeness (QED) is 0.852. The summed E-state index contributed by atoms with van der Waals surface area (Å²) in [6, 6.07) is 3.62. The van der Waals surface area contributed by atoms with Gasteiger partial charge in [0.15, 0.2) is 0 Å². The van der Waals surface area contributed by atoms with Crippen LogP contribution in [0.15, 0.2) is 18.3 Å². The maximum absolute atomic E-state index is 12.1. The van der Waals surface area contributed by atoms with Gasteiger partial charge in [0, 0.05) is 12.6 Å². The summed E-state index contributed by atoms with van der Waals surface area (Å²) in [7, 11) is 0. The molecule has 0 aliphatic carbocycles. The lowest BCUT2D eigenvalue weighted by Gasteiger charge is -2.16. The second-order valence-corrected chi connectivity index (χ2v) is 4.18. The third-order valence-corrected chi connectivity index (χ3v) is 2.98. The zero-order valence-electron chi connectivity index (χ0n) is 10.8. The van der Waals surface area contributed by atoms with Crippen LogP contribution in [0, 0.1) is 0 Å². The Morgan fingerprint density at radius 2 is 2.33 bits per heavy atom. The van der Waals surface area contributed by atoms with E-state index in [4.69, 9.17) is 4.74 Å². The molecule has 1 unspecified atom stereocenters. The first-order valence-electron chi connectivity index (χ1n) is 6.39. The molecule has 2 rings (SSSR count). The minimum Gasteiger partial charge on any atom is -0.478 e. The standard InChI is InChI=1S/C13H19N3O2/c1-3-14-11-7-8-16(13(11)17)10-5-6-12(15-9-10)18-4-2/h5-6,9,11,14H,3-4,7-8H2,1-2H3. The molecule has 1 saturated heterocycles. The Morgan fingerprint density at radius 1 is 1.50 bits per heavy atom. The lowest BCUT2D eigenvalue weighted by Crippen LogP contribution is -2.38. The molecule has 1 atom stereocenters. The predicted octanol–water partition coefficient (Wildman–Crippen LogP) is 1.20. The van der Waals surface area contributed by atoms with Crippen molar-refractivity contribution in [1.82, 2.24) is 10.3 Å². The molecule has 1 aliphatic heterocycles. The molecule has 98 valence electrons. The maximum Gasteiger partial charge on any atom is 0.244 e. The van der Waals surface area contributed by atoms with Crippen molar-refractivity contribution in [3.05, 3.63) is 18.3 Å². The lowest BCUT2D eigenvalue weighted by molar-refractivity contribution is -0.118. The van der Waals surface area contributed by atoms with E-state index in [1.165, 1.54) is 0 Å². The number of hydrogen-bond acceptors (Lipinski definition) is 4. The minimum atomic E-state index is -0.0541. The van der Waals surface area contributed by atoms with Crippen molar-refractivity contribution >= 4 is 11.6 Å². The van der Waals surface area contributed by atoms with E-state index >= 15 is 0 Å². The van der Waals surface area contributed by atoms with Crippen molar-refractivity contribution in [2.24, 2.45) is 0 Å². The summed E-state index contributed by atoms with van der Waals surface area (Å²) in [6.45, 7) is 6.07. The van der Waals surface area contributed by atoms with E-state index in [1.807, 2.05) is 19.9 Å². The van der Waals surface area contributed by atoms with Gasteiger partial charge in [-0.2, -0.15) is 0 Å². The number of aromatic nitrogens is 1. The van der Waals surface area contributed by atoms with Gasteiger partial charge in [0.05, 0.1) is 24.5 Å². The highest BCUT2D eigenvalue weighted by molar-refractivity contribution is 5.99. The van der Waals surface area contributed by atoms with Crippen LogP contribution < -0.4 is 15.0 Å². The topological polar surface area (TPSA) is 54.5 Å². The van der Waals surface area contributed by atoms with Crippen molar-refractivity contribution in [1.29, 1.82) is 0 Å². The van der Waals surface area contributed by atoms with Crippen LogP contribution >= 0.6 is 0 Å². The highest BCUT2D eigenvalue weighted by atomic mass is 16.5. The third kappa shape index (κ3) is 2.61. The largest absolute Gasteiger partial charge is 0.478 e. The Kier molecular flexibility index (Phi) is 4.15. The predicted molar refractivity (Wildman–Crippen MR) is 69.8 cm³/mol. The second kappa shape index (κ2) is 5.82. The van der Waals surface area contributed by atoms with Crippen molar-refractivity contribution in [3.63, 3.8) is 0 Å². The average Bonchev–Trinajstić information content (AvgIpc) is 2.73. The van der Waals surface area contributed by atoms with E-state index in [1.54, 1.807) is 17.2 Å². The molecular formula is C13H19N3O2.